The van der Waals surface area contributed by atoms with E-state index in [9.17, 15) is 29.7 Å². The van der Waals surface area contributed by atoms with Crippen LogP contribution in [-0.2, 0) is 14.4 Å². The van der Waals surface area contributed by atoms with Crippen LogP contribution in [0, 0.1) is 17.8 Å². The fourth-order valence-electron chi connectivity index (χ4n) is 6.23. The lowest BCUT2D eigenvalue weighted by Crippen LogP contribution is -2.57. The average molecular weight is 611 g/mol. The first-order chi connectivity index (χ1) is 20.5. The van der Waals surface area contributed by atoms with Gasteiger partial charge in [0.15, 0.2) is 0 Å². The molecule has 7 heteroatoms. The number of carboxylic acid groups (broad SMARTS) is 3. The normalized spacial score (nSPS) is 15.3. The molecule has 0 saturated heterocycles. The number of quaternary nitrogens is 1. The molecule has 0 heterocycles. The summed E-state index contributed by atoms with van der Waals surface area (Å²) < 4.78 is 0.227. The van der Waals surface area contributed by atoms with Gasteiger partial charge in [-0.25, -0.2) is 0 Å². The van der Waals surface area contributed by atoms with Crippen molar-refractivity contribution in [1.82, 2.24) is 0 Å². The summed E-state index contributed by atoms with van der Waals surface area (Å²) in [6, 6.07) is 0. The van der Waals surface area contributed by atoms with Crippen LogP contribution in [0.1, 0.15) is 156 Å². The monoisotopic (exact) mass is 611 g/mol. The highest BCUT2D eigenvalue weighted by Crippen LogP contribution is 2.22. The molecule has 0 aliphatic rings. The number of allylic oxidation sites excluding steroid dienone is 2. The second-order valence-electron chi connectivity index (χ2n) is 13.4. The molecule has 0 aromatic carbocycles. The number of carbonyl (C=O) groups is 3. The Hall–Kier alpha value is -1.89. The maximum absolute atomic E-state index is 11.6. The Morgan fingerprint density at radius 3 is 1.07 bits per heavy atom. The van der Waals surface area contributed by atoms with E-state index in [1.165, 1.54) is 109 Å². The second-order valence-corrected chi connectivity index (χ2v) is 13.4. The van der Waals surface area contributed by atoms with Crippen LogP contribution in [0.4, 0.5) is 0 Å². The van der Waals surface area contributed by atoms with Crippen molar-refractivity contribution >= 4 is 17.9 Å². The van der Waals surface area contributed by atoms with Crippen LogP contribution >= 0.6 is 0 Å². The molecule has 3 atom stereocenters. The first kappa shape index (κ1) is 41.1. The maximum Gasteiger partial charge on any atom is 0.311 e. The molecule has 0 rings (SSSR count). The minimum absolute atomic E-state index is 0.227. The van der Waals surface area contributed by atoms with Gasteiger partial charge in [-0.1, -0.05) is 109 Å². The number of nitrogens with zero attached hydrogens (tertiary/aromatic N) is 1. The molecule has 0 radical (unpaired) electrons. The lowest BCUT2D eigenvalue weighted by atomic mass is 10.00. The maximum atomic E-state index is 11.6. The van der Waals surface area contributed by atoms with Gasteiger partial charge in [-0.2, -0.15) is 0 Å². The fraction of sp³-hybridized carbons (Fsp3) is 0.861. The number of unbranched alkanes of at least 4 members (excludes halogenated alkanes) is 18. The molecule has 0 aromatic heterocycles. The zero-order valence-corrected chi connectivity index (χ0v) is 28.4. The van der Waals surface area contributed by atoms with Crippen LogP contribution in [0.2, 0.25) is 0 Å². The highest BCUT2D eigenvalue weighted by molar-refractivity contribution is 5.70. The average Bonchev–Trinajstić information content (AvgIpc) is 2.95. The summed E-state index contributed by atoms with van der Waals surface area (Å²) in [5.74, 6) is -4.79. The van der Waals surface area contributed by atoms with Crippen molar-refractivity contribution in [3.05, 3.63) is 12.2 Å². The fourth-order valence-corrected chi connectivity index (χ4v) is 6.23. The van der Waals surface area contributed by atoms with E-state index in [0.717, 1.165) is 19.3 Å². The largest absolute Gasteiger partial charge is 0.481 e. The Labute approximate surface area is 264 Å². The van der Waals surface area contributed by atoms with Gasteiger partial charge in [-0.15, -0.1) is 0 Å². The SMILES string of the molecule is CCCCCC/C=C/CCCCCCCCCCCCCCCC[N+](CC(C)C(=O)O)(CC(C)C(=O)O)CC(C)C(=O)O. The highest BCUT2D eigenvalue weighted by atomic mass is 16.4. The van der Waals surface area contributed by atoms with Crippen LogP contribution in [0.3, 0.4) is 0 Å². The van der Waals surface area contributed by atoms with E-state index in [0.29, 0.717) is 6.54 Å². The van der Waals surface area contributed by atoms with E-state index >= 15 is 0 Å². The number of rotatable bonds is 31. The summed E-state index contributed by atoms with van der Waals surface area (Å²) in [5.41, 5.74) is 0. The lowest BCUT2D eigenvalue weighted by Gasteiger charge is -2.42. The zero-order valence-electron chi connectivity index (χ0n) is 28.4. The third kappa shape index (κ3) is 23.2. The molecule has 43 heavy (non-hydrogen) atoms. The van der Waals surface area contributed by atoms with Crippen molar-refractivity contribution in [2.75, 3.05) is 26.2 Å². The van der Waals surface area contributed by atoms with Crippen molar-refractivity contribution in [2.45, 2.75) is 156 Å². The zero-order chi connectivity index (χ0) is 32.3. The molecule has 0 aliphatic heterocycles. The van der Waals surface area contributed by atoms with Gasteiger partial charge in [0.05, 0.1) is 26.2 Å². The van der Waals surface area contributed by atoms with E-state index in [2.05, 4.69) is 19.1 Å². The molecule has 0 aliphatic carbocycles. The van der Waals surface area contributed by atoms with E-state index in [4.69, 9.17) is 0 Å². The number of hydrogen-bond donors (Lipinski definition) is 3. The molecule has 252 valence electrons. The summed E-state index contributed by atoms with van der Waals surface area (Å²) in [6.07, 6.45) is 30.0. The van der Waals surface area contributed by atoms with Gasteiger partial charge < -0.3 is 19.8 Å². The number of hydrogen-bond acceptors (Lipinski definition) is 3. The van der Waals surface area contributed by atoms with Gasteiger partial charge >= 0.3 is 17.9 Å². The molecule has 3 unspecified atom stereocenters. The molecule has 0 fully saturated rings. The van der Waals surface area contributed by atoms with Crippen LogP contribution in [0.5, 0.6) is 0 Å². The first-order valence-electron chi connectivity index (χ1n) is 17.7. The minimum atomic E-state index is -0.930. The molecule has 0 saturated carbocycles. The summed E-state index contributed by atoms with van der Waals surface area (Å²) in [5, 5.41) is 28.6. The predicted octanol–water partition coefficient (Wildman–Crippen LogP) is 9.34. The first-order valence-corrected chi connectivity index (χ1v) is 17.7. The molecule has 0 spiro atoms. The Morgan fingerprint density at radius 1 is 0.488 bits per heavy atom. The number of carboxylic acids is 3. The van der Waals surface area contributed by atoms with E-state index in [-0.39, 0.29) is 24.1 Å². The molecule has 0 amide bonds. The van der Waals surface area contributed by atoms with Crippen molar-refractivity contribution < 1.29 is 34.2 Å². The van der Waals surface area contributed by atoms with Gasteiger partial charge in [-0.05, 0) is 59.3 Å². The van der Waals surface area contributed by atoms with Crippen molar-refractivity contribution in [1.29, 1.82) is 0 Å². The van der Waals surface area contributed by atoms with Crippen molar-refractivity contribution in [2.24, 2.45) is 17.8 Å². The van der Waals surface area contributed by atoms with E-state index in [1.54, 1.807) is 20.8 Å². The third-order valence-electron chi connectivity index (χ3n) is 8.89. The highest BCUT2D eigenvalue weighted by Gasteiger charge is 2.38. The van der Waals surface area contributed by atoms with Gasteiger partial charge in [-0.3, -0.25) is 14.4 Å². The van der Waals surface area contributed by atoms with Crippen LogP contribution < -0.4 is 0 Å². The smallest absolute Gasteiger partial charge is 0.311 e. The van der Waals surface area contributed by atoms with Gasteiger partial charge in [0, 0.05) is 0 Å². The van der Waals surface area contributed by atoms with Crippen molar-refractivity contribution in [3.8, 4) is 0 Å². The van der Waals surface area contributed by atoms with Crippen LogP contribution in [0.25, 0.3) is 0 Å². The molecular formula is C36H68NO6+. The Bertz CT molecular complexity index is 697. The van der Waals surface area contributed by atoms with Crippen LogP contribution in [-0.4, -0.2) is 63.9 Å². The molecule has 0 aromatic rings. The topological polar surface area (TPSA) is 112 Å². The Balaban J connectivity index is 4.13. The van der Waals surface area contributed by atoms with Gasteiger partial charge in [0.2, 0.25) is 0 Å². The van der Waals surface area contributed by atoms with Gasteiger partial charge in [0.1, 0.15) is 17.8 Å². The summed E-state index contributed by atoms with van der Waals surface area (Å²) >= 11 is 0. The minimum Gasteiger partial charge on any atom is -0.481 e. The standard InChI is InChI=1S/C36H67NO6/c1-5-6-7-8-9-10-11-12-13-14-15-16-17-18-19-20-21-22-23-24-25-26-27-37(28-31(2)34(38)39,29-32(3)35(40)41)30-33(4)36(42)43/h10-11,31-33H,5-9,12-30H2,1-4H3,(H2-,38,39,40,41,42,43)/p+1/b11-10+. The van der Waals surface area contributed by atoms with Crippen LogP contribution in [0.15, 0.2) is 12.2 Å². The second kappa shape index (κ2) is 26.5. The van der Waals surface area contributed by atoms with E-state index in [1.807, 2.05) is 0 Å². The third-order valence-corrected chi connectivity index (χ3v) is 8.89. The number of aliphatic carboxylic acids is 3. The lowest BCUT2D eigenvalue weighted by molar-refractivity contribution is -0.934. The summed E-state index contributed by atoms with van der Waals surface area (Å²) in [7, 11) is 0. The Kier molecular flexibility index (Phi) is 25.3. The summed E-state index contributed by atoms with van der Waals surface area (Å²) in [4.78, 5) is 34.9. The molecule has 3 N–H and O–H groups in total. The molecule has 7 nitrogen and oxygen atoms in total. The van der Waals surface area contributed by atoms with Crippen molar-refractivity contribution in [3.63, 3.8) is 0 Å². The predicted molar refractivity (Wildman–Crippen MR) is 177 cm³/mol. The molecule has 0 bridgehead atoms. The molecular weight excluding hydrogens is 542 g/mol. The summed E-state index contributed by atoms with van der Waals surface area (Å²) in [6.45, 7) is 8.51. The Morgan fingerprint density at radius 2 is 0.767 bits per heavy atom. The van der Waals surface area contributed by atoms with E-state index < -0.39 is 35.7 Å². The van der Waals surface area contributed by atoms with Gasteiger partial charge in [0.25, 0.3) is 0 Å². The quantitative estimate of drug-likeness (QED) is 0.0410.